The van der Waals surface area contributed by atoms with Crippen molar-refractivity contribution in [3.05, 3.63) is 18.0 Å². The molecular formula is C16H27N5O. The maximum Gasteiger partial charge on any atom is 0.191 e. The van der Waals surface area contributed by atoms with Gasteiger partial charge in [0, 0.05) is 38.3 Å². The molecule has 0 spiro atoms. The molecule has 0 bridgehead atoms. The summed E-state index contributed by atoms with van der Waals surface area (Å²) in [4.78, 5) is 6.99. The lowest BCUT2D eigenvalue weighted by molar-refractivity contribution is 0.150. The van der Waals surface area contributed by atoms with Crippen LogP contribution < -0.4 is 10.6 Å². The van der Waals surface area contributed by atoms with Crippen LogP contribution in [0.2, 0.25) is 0 Å². The van der Waals surface area contributed by atoms with Crippen LogP contribution in [-0.4, -0.2) is 48.2 Å². The molecular weight excluding hydrogens is 278 g/mol. The van der Waals surface area contributed by atoms with Crippen molar-refractivity contribution in [1.82, 2.24) is 20.7 Å². The van der Waals surface area contributed by atoms with Gasteiger partial charge in [-0.2, -0.15) is 0 Å². The third kappa shape index (κ3) is 4.00. The first-order valence-corrected chi connectivity index (χ1v) is 8.45. The van der Waals surface area contributed by atoms with Crippen molar-refractivity contribution in [2.75, 3.05) is 20.1 Å². The van der Waals surface area contributed by atoms with Gasteiger partial charge in [0.25, 0.3) is 0 Å². The van der Waals surface area contributed by atoms with Crippen LogP contribution in [0.15, 0.2) is 21.8 Å². The SMILES string of the molecule is CN=C(NCc1ccon1)NC1CCN(C2CCCC2)CC1. The quantitative estimate of drug-likeness (QED) is 0.655. The van der Waals surface area contributed by atoms with Gasteiger partial charge in [-0.15, -0.1) is 0 Å². The molecule has 1 aliphatic heterocycles. The lowest BCUT2D eigenvalue weighted by Crippen LogP contribution is -2.50. The van der Waals surface area contributed by atoms with Crippen LogP contribution in [0.5, 0.6) is 0 Å². The first-order chi connectivity index (χ1) is 10.8. The summed E-state index contributed by atoms with van der Waals surface area (Å²) in [5.74, 6) is 0.849. The van der Waals surface area contributed by atoms with Gasteiger partial charge in [-0.3, -0.25) is 4.99 Å². The van der Waals surface area contributed by atoms with Crippen LogP contribution in [-0.2, 0) is 6.54 Å². The van der Waals surface area contributed by atoms with Crippen LogP contribution >= 0.6 is 0 Å². The summed E-state index contributed by atoms with van der Waals surface area (Å²) in [7, 11) is 1.81. The smallest absolute Gasteiger partial charge is 0.191 e. The predicted molar refractivity (Wildman–Crippen MR) is 86.7 cm³/mol. The molecule has 6 nitrogen and oxygen atoms in total. The Hall–Kier alpha value is -1.56. The Balaban J connectivity index is 1.40. The third-order valence-corrected chi connectivity index (χ3v) is 4.86. The Bertz CT molecular complexity index is 459. The fourth-order valence-corrected chi connectivity index (χ4v) is 3.57. The Kier molecular flexibility index (Phi) is 5.32. The Morgan fingerprint density at radius 2 is 2.09 bits per heavy atom. The molecule has 3 rings (SSSR count). The topological polar surface area (TPSA) is 65.7 Å². The van der Waals surface area contributed by atoms with Gasteiger partial charge in [-0.05, 0) is 25.7 Å². The lowest BCUT2D eigenvalue weighted by Gasteiger charge is -2.36. The van der Waals surface area contributed by atoms with Gasteiger partial charge in [0.2, 0.25) is 0 Å². The van der Waals surface area contributed by atoms with Crippen molar-refractivity contribution in [1.29, 1.82) is 0 Å². The number of likely N-dealkylation sites (tertiary alicyclic amines) is 1. The monoisotopic (exact) mass is 305 g/mol. The van der Waals surface area contributed by atoms with Crippen LogP contribution in [0.25, 0.3) is 0 Å². The standard InChI is InChI=1S/C16H27N5O/c1-17-16(18-12-14-8-11-22-20-14)19-13-6-9-21(10-7-13)15-4-2-3-5-15/h8,11,13,15H,2-7,9-10,12H2,1H3,(H2,17,18,19). The van der Waals surface area contributed by atoms with Gasteiger partial charge in [-0.25, -0.2) is 0 Å². The highest BCUT2D eigenvalue weighted by Crippen LogP contribution is 2.26. The van der Waals surface area contributed by atoms with E-state index in [1.807, 2.05) is 13.1 Å². The van der Waals surface area contributed by atoms with E-state index in [2.05, 4.69) is 25.7 Å². The van der Waals surface area contributed by atoms with E-state index in [9.17, 15) is 0 Å². The highest BCUT2D eigenvalue weighted by atomic mass is 16.5. The fraction of sp³-hybridized carbons (Fsp3) is 0.750. The second-order valence-corrected chi connectivity index (χ2v) is 6.31. The summed E-state index contributed by atoms with van der Waals surface area (Å²) in [6.07, 6.45) is 9.62. The second kappa shape index (κ2) is 7.63. The zero-order chi connectivity index (χ0) is 15.2. The van der Waals surface area contributed by atoms with Gasteiger partial charge in [0.15, 0.2) is 5.96 Å². The van der Waals surface area contributed by atoms with Crippen molar-refractivity contribution in [3.8, 4) is 0 Å². The van der Waals surface area contributed by atoms with E-state index >= 15 is 0 Å². The average molecular weight is 305 g/mol. The Morgan fingerprint density at radius 3 is 2.73 bits per heavy atom. The Morgan fingerprint density at radius 1 is 1.32 bits per heavy atom. The highest BCUT2D eigenvalue weighted by Gasteiger charge is 2.27. The van der Waals surface area contributed by atoms with Gasteiger partial charge < -0.3 is 20.1 Å². The van der Waals surface area contributed by atoms with E-state index in [4.69, 9.17) is 4.52 Å². The van der Waals surface area contributed by atoms with Crippen LogP contribution in [0.4, 0.5) is 0 Å². The summed E-state index contributed by atoms with van der Waals surface area (Å²) in [5.41, 5.74) is 0.888. The van der Waals surface area contributed by atoms with Crippen molar-refractivity contribution < 1.29 is 4.52 Å². The van der Waals surface area contributed by atoms with E-state index in [1.54, 1.807) is 6.26 Å². The van der Waals surface area contributed by atoms with Crippen LogP contribution in [0, 0.1) is 0 Å². The molecule has 0 unspecified atom stereocenters. The molecule has 1 saturated heterocycles. The fourth-order valence-electron chi connectivity index (χ4n) is 3.57. The summed E-state index contributed by atoms with van der Waals surface area (Å²) >= 11 is 0. The van der Waals surface area contributed by atoms with E-state index in [0.29, 0.717) is 12.6 Å². The van der Waals surface area contributed by atoms with Gasteiger partial charge in [-0.1, -0.05) is 18.0 Å². The largest absolute Gasteiger partial charge is 0.364 e. The van der Waals surface area contributed by atoms with Gasteiger partial charge in [0.05, 0.1) is 6.54 Å². The van der Waals surface area contributed by atoms with Crippen molar-refractivity contribution in [2.24, 2.45) is 4.99 Å². The van der Waals surface area contributed by atoms with Gasteiger partial charge >= 0.3 is 0 Å². The number of rotatable bonds is 4. The lowest BCUT2D eigenvalue weighted by atomic mass is 10.0. The molecule has 6 heteroatoms. The number of nitrogens with zero attached hydrogens (tertiary/aromatic N) is 3. The molecule has 1 aliphatic carbocycles. The van der Waals surface area contributed by atoms with Crippen LogP contribution in [0.1, 0.15) is 44.2 Å². The number of hydrogen-bond donors (Lipinski definition) is 2. The molecule has 22 heavy (non-hydrogen) atoms. The maximum absolute atomic E-state index is 4.84. The number of aromatic nitrogens is 1. The minimum Gasteiger partial charge on any atom is -0.364 e. The van der Waals surface area contributed by atoms with Gasteiger partial charge in [0.1, 0.15) is 12.0 Å². The maximum atomic E-state index is 4.84. The molecule has 2 fully saturated rings. The zero-order valence-corrected chi connectivity index (χ0v) is 13.4. The number of aliphatic imine (C=N–C) groups is 1. The number of hydrogen-bond acceptors (Lipinski definition) is 4. The first-order valence-electron chi connectivity index (χ1n) is 8.45. The Labute approximate surface area is 132 Å². The van der Waals surface area contributed by atoms with E-state index < -0.39 is 0 Å². The van der Waals surface area contributed by atoms with Crippen molar-refractivity contribution in [3.63, 3.8) is 0 Å². The summed E-state index contributed by atoms with van der Waals surface area (Å²) < 4.78 is 4.84. The van der Waals surface area contributed by atoms with Crippen molar-refractivity contribution in [2.45, 2.75) is 57.2 Å². The molecule has 0 aromatic carbocycles. The molecule has 2 heterocycles. The first kappa shape index (κ1) is 15.3. The number of piperidine rings is 1. The molecule has 2 aliphatic rings. The summed E-state index contributed by atoms with van der Waals surface area (Å²) in [6.45, 7) is 3.06. The molecule has 1 saturated carbocycles. The molecule has 0 amide bonds. The molecule has 1 aromatic heterocycles. The summed E-state index contributed by atoms with van der Waals surface area (Å²) in [6, 6.07) is 3.23. The molecule has 1 aromatic rings. The molecule has 0 radical (unpaired) electrons. The second-order valence-electron chi connectivity index (χ2n) is 6.31. The normalized spacial score (nSPS) is 22.1. The molecule has 122 valence electrons. The van der Waals surface area contributed by atoms with Crippen LogP contribution in [0.3, 0.4) is 0 Å². The minimum atomic E-state index is 0.515. The van der Waals surface area contributed by atoms with E-state index in [1.165, 1.54) is 51.6 Å². The third-order valence-electron chi connectivity index (χ3n) is 4.86. The van der Waals surface area contributed by atoms with Crippen molar-refractivity contribution >= 4 is 5.96 Å². The van der Waals surface area contributed by atoms with E-state index in [-0.39, 0.29) is 0 Å². The predicted octanol–water partition coefficient (Wildman–Crippen LogP) is 1.75. The highest BCUT2D eigenvalue weighted by molar-refractivity contribution is 5.79. The van der Waals surface area contributed by atoms with E-state index in [0.717, 1.165) is 17.7 Å². The zero-order valence-electron chi connectivity index (χ0n) is 13.4. The molecule has 2 N–H and O–H groups in total. The summed E-state index contributed by atoms with van der Waals surface area (Å²) in [5, 5.41) is 10.7. The number of guanidine groups is 1. The minimum absolute atomic E-state index is 0.515. The number of nitrogens with one attached hydrogen (secondary N) is 2. The molecule has 0 atom stereocenters. The average Bonchev–Trinajstić information content (AvgIpc) is 3.25.